The fourth-order valence-electron chi connectivity index (χ4n) is 2.41. The Kier molecular flexibility index (Phi) is 4.73. The highest BCUT2D eigenvalue weighted by molar-refractivity contribution is 7.97. The van der Waals surface area contributed by atoms with E-state index in [-0.39, 0.29) is 6.04 Å². The molecule has 2 nitrogen and oxygen atoms in total. The van der Waals surface area contributed by atoms with Crippen LogP contribution in [0.5, 0.6) is 0 Å². The quantitative estimate of drug-likeness (QED) is 0.804. The standard InChI is InChI=1S/C17H17ClN2S/c18-15-8-4-7-14(10-15)17(20-16-11-19-21-12-16)9-13-5-2-1-3-6-13/h1-8,10-11,17,19-20H,9,12H2. The van der Waals surface area contributed by atoms with Gasteiger partial charge in [0.1, 0.15) is 0 Å². The van der Waals surface area contributed by atoms with E-state index in [4.69, 9.17) is 11.6 Å². The van der Waals surface area contributed by atoms with Gasteiger partial charge in [-0.05, 0) is 41.6 Å². The monoisotopic (exact) mass is 316 g/mol. The van der Waals surface area contributed by atoms with Gasteiger partial charge in [-0.25, -0.2) is 0 Å². The SMILES string of the molecule is Clc1cccc(C(Cc2ccccc2)NC2=CNSC2)c1. The van der Waals surface area contributed by atoms with Crippen LogP contribution in [0.4, 0.5) is 0 Å². The zero-order valence-electron chi connectivity index (χ0n) is 11.6. The Morgan fingerprint density at radius 2 is 2.00 bits per heavy atom. The fourth-order valence-corrected chi connectivity index (χ4v) is 3.24. The molecule has 0 fully saturated rings. The lowest BCUT2D eigenvalue weighted by atomic mass is 9.98. The van der Waals surface area contributed by atoms with Gasteiger partial charge in [-0.1, -0.05) is 54.1 Å². The van der Waals surface area contributed by atoms with Crippen LogP contribution in [0.2, 0.25) is 5.02 Å². The molecule has 0 saturated carbocycles. The molecular weight excluding hydrogens is 300 g/mol. The van der Waals surface area contributed by atoms with E-state index in [1.165, 1.54) is 16.8 Å². The molecule has 1 unspecified atom stereocenters. The molecule has 21 heavy (non-hydrogen) atoms. The van der Waals surface area contributed by atoms with E-state index in [0.29, 0.717) is 0 Å². The van der Waals surface area contributed by atoms with Crippen molar-refractivity contribution in [1.29, 1.82) is 0 Å². The third-order valence-corrected chi connectivity index (χ3v) is 4.41. The molecule has 108 valence electrons. The van der Waals surface area contributed by atoms with Crippen LogP contribution in [0, 0.1) is 0 Å². The maximum absolute atomic E-state index is 6.15. The van der Waals surface area contributed by atoms with Crippen LogP contribution in [-0.4, -0.2) is 5.75 Å². The summed E-state index contributed by atoms with van der Waals surface area (Å²) in [6.45, 7) is 0. The average molecular weight is 317 g/mol. The summed E-state index contributed by atoms with van der Waals surface area (Å²) in [6.07, 6.45) is 2.97. The minimum Gasteiger partial charge on any atom is -0.379 e. The van der Waals surface area contributed by atoms with E-state index in [1.807, 2.05) is 30.5 Å². The van der Waals surface area contributed by atoms with Gasteiger partial charge in [0.2, 0.25) is 0 Å². The highest BCUT2D eigenvalue weighted by Gasteiger charge is 2.15. The summed E-state index contributed by atoms with van der Waals surface area (Å²) in [5.41, 5.74) is 3.75. The number of hydrogen-bond acceptors (Lipinski definition) is 3. The highest BCUT2D eigenvalue weighted by atomic mass is 35.5. The molecule has 2 N–H and O–H groups in total. The van der Waals surface area contributed by atoms with Gasteiger partial charge in [-0.3, -0.25) is 0 Å². The van der Waals surface area contributed by atoms with E-state index < -0.39 is 0 Å². The van der Waals surface area contributed by atoms with Crippen LogP contribution in [0.25, 0.3) is 0 Å². The number of hydrogen-bond donors (Lipinski definition) is 2. The van der Waals surface area contributed by atoms with Crippen molar-refractivity contribution in [1.82, 2.24) is 10.0 Å². The smallest absolute Gasteiger partial charge is 0.0552 e. The highest BCUT2D eigenvalue weighted by Crippen LogP contribution is 2.24. The largest absolute Gasteiger partial charge is 0.379 e. The van der Waals surface area contributed by atoms with Crippen molar-refractivity contribution in [2.75, 3.05) is 5.75 Å². The Morgan fingerprint density at radius 3 is 2.71 bits per heavy atom. The van der Waals surface area contributed by atoms with Crippen LogP contribution in [0.15, 0.2) is 66.5 Å². The van der Waals surface area contributed by atoms with Gasteiger partial charge < -0.3 is 10.0 Å². The van der Waals surface area contributed by atoms with Crippen LogP contribution in [-0.2, 0) is 6.42 Å². The first kappa shape index (κ1) is 14.4. The molecule has 0 aliphatic carbocycles. The first-order valence-corrected chi connectivity index (χ1v) is 8.30. The van der Waals surface area contributed by atoms with Gasteiger partial charge in [-0.15, -0.1) is 0 Å². The number of nitrogens with one attached hydrogen (secondary N) is 2. The topological polar surface area (TPSA) is 24.1 Å². The zero-order chi connectivity index (χ0) is 14.5. The van der Waals surface area contributed by atoms with E-state index in [1.54, 1.807) is 11.9 Å². The van der Waals surface area contributed by atoms with Gasteiger partial charge in [0.15, 0.2) is 0 Å². The Labute approximate surface area is 134 Å². The van der Waals surface area contributed by atoms with Crippen molar-refractivity contribution in [3.63, 3.8) is 0 Å². The van der Waals surface area contributed by atoms with E-state index in [9.17, 15) is 0 Å². The normalized spacial score (nSPS) is 15.2. The summed E-state index contributed by atoms with van der Waals surface area (Å²) in [6, 6.07) is 18.8. The Morgan fingerprint density at radius 1 is 1.14 bits per heavy atom. The molecule has 3 rings (SSSR count). The summed E-state index contributed by atoms with van der Waals surface area (Å²) < 4.78 is 3.17. The summed E-state index contributed by atoms with van der Waals surface area (Å²) in [4.78, 5) is 0. The fraction of sp³-hybridized carbons (Fsp3) is 0.176. The van der Waals surface area contributed by atoms with Crippen molar-refractivity contribution in [3.05, 3.63) is 82.6 Å². The van der Waals surface area contributed by atoms with Crippen molar-refractivity contribution >= 4 is 23.5 Å². The molecule has 2 aromatic carbocycles. The molecule has 0 bridgehead atoms. The predicted molar refractivity (Wildman–Crippen MR) is 91.2 cm³/mol. The number of benzene rings is 2. The third kappa shape index (κ3) is 3.96. The van der Waals surface area contributed by atoms with E-state index in [2.05, 4.69) is 40.4 Å². The van der Waals surface area contributed by atoms with Crippen molar-refractivity contribution in [3.8, 4) is 0 Å². The lowest BCUT2D eigenvalue weighted by Gasteiger charge is -2.21. The minimum absolute atomic E-state index is 0.220. The molecule has 1 aliphatic heterocycles. The molecular formula is C17H17ClN2S. The van der Waals surface area contributed by atoms with Gasteiger partial charge in [0.05, 0.1) is 11.8 Å². The molecule has 1 aliphatic rings. The van der Waals surface area contributed by atoms with Crippen molar-refractivity contribution in [2.24, 2.45) is 0 Å². The molecule has 0 saturated heterocycles. The molecule has 1 heterocycles. The van der Waals surface area contributed by atoms with E-state index >= 15 is 0 Å². The summed E-state index contributed by atoms with van der Waals surface area (Å²) in [5.74, 6) is 0.964. The Hall–Kier alpha value is -1.58. The maximum Gasteiger partial charge on any atom is 0.0552 e. The number of halogens is 1. The molecule has 0 spiro atoms. The molecule has 0 radical (unpaired) electrons. The first-order valence-electron chi connectivity index (χ1n) is 6.93. The van der Waals surface area contributed by atoms with Gasteiger partial charge >= 0.3 is 0 Å². The summed E-state index contributed by atoms with van der Waals surface area (Å²) in [5, 5.41) is 4.41. The maximum atomic E-state index is 6.15. The van der Waals surface area contributed by atoms with Gasteiger partial charge in [-0.2, -0.15) is 0 Å². The summed E-state index contributed by atoms with van der Waals surface area (Å²) in [7, 11) is 0. The second kappa shape index (κ2) is 6.92. The minimum atomic E-state index is 0.220. The van der Waals surface area contributed by atoms with Crippen LogP contribution in [0.3, 0.4) is 0 Å². The number of rotatable bonds is 5. The molecule has 4 heteroatoms. The Balaban J connectivity index is 1.83. The summed E-state index contributed by atoms with van der Waals surface area (Å²) >= 11 is 7.85. The lowest BCUT2D eigenvalue weighted by Crippen LogP contribution is -2.23. The molecule has 1 atom stereocenters. The van der Waals surface area contributed by atoms with Crippen molar-refractivity contribution < 1.29 is 0 Å². The third-order valence-electron chi connectivity index (χ3n) is 3.44. The molecule has 0 aromatic heterocycles. The van der Waals surface area contributed by atoms with E-state index in [0.717, 1.165) is 17.2 Å². The lowest BCUT2D eigenvalue weighted by molar-refractivity contribution is 0.596. The molecule has 0 amide bonds. The second-order valence-corrected chi connectivity index (χ2v) is 6.27. The first-order chi connectivity index (χ1) is 10.3. The molecule has 2 aromatic rings. The second-order valence-electron chi connectivity index (χ2n) is 5.02. The van der Waals surface area contributed by atoms with Gasteiger partial charge in [0, 0.05) is 16.9 Å². The zero-order valence-corrected chi connectivity index (χ0v) is 13.1. The van der Waals surface area contributed by atoms with Crippen LogP contribution in [0.1, 0.15) is 17.2 Å². The van der Waals surface area contributed by atoms with Crippen LogP contribution >= 0.6 is 23.5 Å². The van der Waals surface area contributed by atoms with Crippen LogP contribution < -0.4 is 10.0 Å². The average Bonchev–Trinajstić information content (AvgIpc) is 3.01. The Bertz CT molecular complexity index is 628. The van der Waals surface area contributed by atoms with Crippen molar-refractivity contribution in [2.45, 2.75) is 12.5 Å². The van der Waals surface area contributed by atoms with Gasteiger partial charge in [0.25, 0.3) is 0 Å². The predicted octanol–water partition coefficient (Wildman–Crippen LogP) is 4.31.